The molecule has 1 fully saturated rings. The molecule has 2 amide bonds. The molecule has 9 heteroatoms. The second-order valence-corrected chi connectivity index (χ2v) is 7.93. The Kier molecular flexibility index (Phi) is 6.34. The fourth-order valence-electron chi connectivity index (χ4n) is 2.71. The smallest absolute Gasteiger partial charge is 0.410 e. The van der Waals surface area contributed by atoms with Crippen LogP contribution in [0.4, 0.5) is 9.18 Å². The molecule has 144 valence electrons. The van der Waals surface area contributed by atoms with Crippen LogP contribution in [0, 0.1) is 5.82 Å². The van der Waals surface area contributed by atoms with Crippen LogP contribution in [0.1, 0.15) is 44.0 Å². The average Bonchev–Trinajstić information content (AvgIpc) is 2.55. The van der Waals surface area contributed by atoms with Crippen LogP contribution in [0.2, 0.25) is 10.3 Å². The summed E-state index contributed by atoms with van der Waals surface area (Å²) >= 11 is 11.5. The van der Waals surface area contributed by atoms with Crippen LogP contribution in [0.15, 0.2) is 6.07 Å². The van der Waals surface area contributed by atoms with E-state index in [4.69, 9.17) is 27.9 Å². The van der Waals surface area contributed by atoms with Crippen molar-refractivity contribution in [1.29, 1.82) is 0 Å². The van der Waals surface area contributed by atoms with Gasteiger partial charge in [-0.15, -0.1) is 0 Å². The molecule has 26 heavy (non-hydrogen) atoms. The summed E-state index contributed by atoms with van der Waals surface area (Å²) in [6, 6.07) is 0.961. The van der Waals surface area contributed by atoms with Gasteiger partial charge in [0.15, 0.2) is 11.0 Å². The fraction of sp³-hybridized carbons (Fsp3) is 0.588. The van der Waals surface area contributed by atoms with Crippen LogP contribution in [0.25, 0.3) is 0 Å². The molecule has 1 saturated heterocycles. The number of likely N-dealkylation sites (tertiary alicyclic amines) is 1. The van der Waals surface area contributed by atoms with Gasteiger partial charge in [0, 0.05) is 26.2 Å². The molecule has 0 aliphatic carbocycles. The maximum absolute atomic E-state index is 13.6. The summed E-state index contributed by atoms with van der Waals surface area (Å²) in [6.45, 7) is 6.25. The number of piperidine rings is 1. The zero-order chi connectivity index (χ0) is 19.6. The Morgan fingerprint density at radius 1 is 1.27 bits per heavy atom. The van der Waals surface area contributed by atoms with Crippen molar-refractivity contribution in [3.8, 4) is 0 Å². The van der Waals surface area contributed by atoms with Gasteiger partial charge in [0.1, 0.15) is 10.8 Å². The van der Waals surface area contributed by atoms with Crippen LogP contribution in [0.5, 0.6) is 0 Å². The minimum absolute atomic E-state index is 0.0208. The number of halogens is 3. The van der Waals surface area contributed by atoms with E-state index in [0.717, 1.165) is 6.07 Å². The molecule has 0 atom stereocenters. The number of rotatable bonds is 2. The summed E-state index contributed by atoms with van der Waals surface area (Å²) in [7, 11) is 1.69. The van der Waals surface area contributed by atoms with Crippen LogP contribution >= 0.6 is 23.2 Å². The third kappa shape index (κ3) is 4.98. The summed E-state index contributed by atoms with van der Waals surface area (Å²) in [5.41, 5.74) is -0.586. The molecule has 2 heterocycles. The molecule has 1 aromatic rings. The first-order chi connectivity index (χ1) is 12.0. The summed E-state index contributed by atoms with van der Waals surface area (Å²) in [6.07, 6.45) is 0.778. The fourth-order valence-corrected chi connectivity index (χ4v) is 3.11. The largest absolute Gasteiger partial charge is 0.444 e. The Bertz CT molecular complexity index is 701. The monoisotopic (exact) mass is 405 g/mol. The lowest BCUT2D eigenvalue weighted by atomic mass is 10.0. The molecule has 1 aromatic heterocycles. The van der Waals surface area contributed by atoms with Crippen molar-refractivity contribution in [3.05, 3.63) is 27.8 Å². The first kappa shape index (κ1) is 20.7. The summed E-state index contributed by atoms with van der Waals surface area (Å²) in [4.78, 5) is 31.5. The number of carbonyl (C=O) groups excluding carboxylic acids is 2. The van der Waals surface area contributed by atoms with Crippen molar-refractivity contribution in [2.45, 2.75) is 45.3 Å². The van der Waals surface area contributed by atoms with Gasteiger partial charge in [-0.05, 0) is 39.7 Å². The Balaban J connectivity index is 1.99. The number of amides is 2. The lowest BCUT2D eigenvalue weighted by Crippen LogP contribution is -2.48. The third-order valence-electron chi connectivity index (χ3n) is 4.10. The zero-order valence-electron chi connectivity index (χ0n) is 15.2. The summed E-state index contributed by atoms with van der Waals surface area (Å²) < 4.78 is 19.0. The van der Waals surface area contributed by atoms with Crippen molar-refractivity contribution in [2.24, 2.45) is 0 Å². The van der Waals surface area contributed by atoms with E-state index in [0.29, 0.717) is 25.9 Å². The van der Waals surface area contributed by atoms with Crippen LogP contribution < -0.4 is 0 Å². The molecular formula is C17H22Cl2FN3O3. The van der Waals surface area contributed by atoms with Gasteiger partial charge in [0.25, 0.3) is 5.91 Å². The van der Waals surface area contributed by atoms with Gasteiger partial charge in [-0.25, -0.2) is 14.2 Å². The van der Waals surface area contributed by atoms with E-state index in [-0.39, 0.29) is 21.9 Å². The number of aromatic nitrogens is 1. The molecule has 6 nitrogen and oxygen atoms in total. The van der Waals surface area contributed by atoms with Gasteiger partial charge >= 0.3 is 6.09 Å². The first-order valence-corrected chi connectivity index (χ1v) is 9.02. The molecular weight excluding hydrogens is 384 g/mol. The molecule has 0 radical (unpaired) electrons. The quantitative estimate of drug-likeness (QED) is 0.697. The van der Waals surface area contributed by atoms with Crippen molar-refractivity contribution >= 4 is 35.2 Å². The number of nitrogens with zero attached hydrogens (tertiary/aromatic N) is 3. The van der Waals surface area contributed by atoms with Gasteiger partial charge < -0.3 is 14.5 Å². The first-order valence-electron chi connectivity index (χ1n) is 8.26. The molecule has 0 spiro atoms. The number of ether oxygens (including phenoxy) is 1. The number of hydrogen-bond acceptors (Lipinski definition) is 4. The summed E-state index contributed by atoms with van der Waals surface area (Å²) in [5.74, 6) is -1.20. The topological polar surface area (TPSA) is 62.7 Å². The van der Waals surface area contributed by atoms with E-state index in [1.165, 1.54) is 0 Å². The molecule has 1 aliphatic heterocycles. The molecule has 1 aliphatic rings. The van der Waals surface area contributed by atoms with Crippen molar-refractivity contribution in [2.75, 3.05) is 20.1 Å². The Labute approximate surface area is 162 Å². The van der Waals surface area contributed by atoms with Crippen LogP contribution in [-0.4, -0.2) is 58.6 Å². The standard InChI is InChI=1S/C17H22Cl2FN3O3/c1-17(2,3)26-16(25)22(4)10-5-7-23(8-6-10)15(24)11-9-12(20)14(19)21-13(11)18/h9-10H,5-8H2,1-4H3. The molecule has 0 bridgehead atoms. The number of pyridine rings is 1. The second-order valence-electron chi connectivity index (χ2n) is 7.21. The van der Waals surface area contributed by atoms with E-state index in [1.54, 1.807) is 16.8 Å². The highest BCUT2D eigenvalue weighted by Gasteiger charge is 2.31. The van der Waals surface area contributed by atoms with E-state index in [1.807, 2.05) is 20.8 Å². The molecule has 0 unspecified atom stereocenters. The van der Waals surface area contributed by atoms with E-state index < -0.39 is 23.4 Å². The van der Waals surface area contributed by atoms with Crippen molar-refractivity contribution < 1.29 is 18.7 Å². The predicted molar refractivity (Wildman–Crippen MR) is 97.1 cm³/mol. The van der Waals surface area contributed by atoms with Gasteiger partial charge in [0.2, 0.25) is 0 Å². The summed E-state index contributed by atoms with van der Waals surface area (Å²) in [5, 5.41) is -0.501. The minimum Gasteiger partial charge on any atom is -0.444 e. The molecule has 0 N–H and O–H groups in total. The molecule has 0 saturated carbocycles. The highest BCUT2D eigenvalue weighted by atomic mass is 35.5. The Morgan fingerprint density at radius 3 is 2.38 bits per heavy atom. The van der Waals surface area contributed by atoms with Gasteiger partial charge in [-0.1, -0.05) is 23.2 Å². The van der Waals surface area contributed by atoms with Crippen molar-refractivity contribution in [3.63, 3.8) is 0 Å². The maximum atomic E-state index is 13.6. The average molecular weight is 406 g/mol. The SMILES string of the molecule is CN(C(=O)OC(C)(C)C)C1CCN(C(=O)c2cc(F)c(Cl)nc2Cl)CC1. The normalized spacial score (nSPS) is 15.7. The predicted octanol–water partition coefficient (Wildman–Crippen LogP) is 4.00. The zero-order valence-corrected chi connectivity index (χ0v) is 16.7. The number of hydrogen-bond donors (Lipinski definition) is 0. The van der Waals surface area contributed by atoms with Gasteiger partial charge in [-0.3, -0.25) is 4.79 Å². The van der Waals surface area contributed by atoms with Crippen molar-refractivity contribution in [1.82, 2.24) is 14.8 Å². The van der Waals surface area contributed by atoms with Gasteiger partial charge in [0.05, 0.1) is 5.56 Å². The van der Waals surface area contributed by atoms with E-state index >= 15 is 0 Å². The second kappa shape index (κ2) is 7.96. The highest BCUT2D eigenvalue weighted by Crippen LogP contribution is 2.24. The lowest BCUT2D eigenvalue weighted by Gasteiger charge is -2.37. The third-order valence-corrected chi connectivity index (χ3v) is 4.65. The minimum atomic E-state index is -0.793. The molecule has 2 rings (SSSR count). The maximum Gasteiger partial charge on any atom is 0.410 e. The van der Waals surface area contributed by atoms with Crippen LogP contribution in [0.3, 0.4) is 0 Å². The number of carbonyl (C=O) groups is 2. The Hall–Kier alpha value is -1.60. The van der Waals surface area contributed by atoms with E-state index in [9.17, 15) is 14.0 Å². The Morgan fingerprint density at radius 2 is 1.85 bits per heavy atom. The van der Waals surface area contributed by atoms with E-state index in [2.05, 4.69) is 4.98 Å². The van der Waals surface area contributed by atoms with Crippen LogP contribution in [-0.2, 0) is 4.74 Å². The van der Waals surface area contributed by atoms with Gasteiger partial charge in [-0.2, -0.15) is 0 Å². The molecule has 0 aromatic carbocycles. The lowest BCUT2D eigenvalue weighted by molar-refractivity contribution is 0.0156. The highest BCUT2D eigenvalue weighted by molar-refractivity contribution is 6.34.